The number of aliphatic hydroxyl groups excluding tert-OH is 2. The van der Waals surface area contributed by atoms with Crippen LogP contribution < -0.4 is 10.6 Å². The van der Waals surface area contributed by atoms with E-state index in [-0.39, 0.29) is 23.8 Å². The van der Waals surface area contributed by atoms with Crippen LogP contribution in [-0.2, 0) is 4.79 Å². The molecule has 0 saturated carbocycles. The van der Waals surface area contributed by atoms with Gasteiger partial charge < -0.3 is 25.7 Å². The Balaban J connectivity index is 2.31. The van der Waals surface area contributed by atoms with Crippen LogP contribution in [-0.4, -0.2) is 71.7 Å². The third-order valence-electron chi connectivity index (χ3n) is 6.34. The lowest BCUT2D eigenvalue weighted by atomic mass is 9.91. The number of likely N-dealkylation sites (N-methyl/N-ethyl adjacent to an activating group) is 1. The topological polar surface area (TPSA) is 97.2 Å². The maximum Gasteiger partial charge on any atom is 0.249 e. The molecule has 33 heavy (non-hydrogen) atoms. The number of aliphatic imine (C=N–C) groups is 1. The van der Waals surface area contributed by atoms with E-state index in [1.807, 2.05) is 33.9 Å². The second-order valence-corrected chi connectivity index (χ2v) is 8.91. The number of amidine groups is 1. The first-order valence-electron chi connectivity index (χ1n) is 12.2. The number of carbonyl (C=O) groups excluding carboxylic acids is 1. The van der Waals surface area contributed by atoms with Crippen molar-refractivity contribution >= 4 is 11.7 Å². The normalized spacial score (nSPS) is 23.7. The van der Waals surface area contributed by atoms with Crippen molar-refractivity contribution in [2.24, 2.45) is 4.99 Å². The van der Waals surface area contributed by atoms with Crippen molar-refractivity contribution in [2.75, 3.05) is 26.7 Å². The number of likely N-dealkylation sites (tertiary alicyclic amines) is 1. The number of amides is 1. The molecule has 2 unspecified atom stereocenters. The monoisotopic (exact) mass is 458 g/mol. The Bertz CT molecular complexity index is 825. The quantitative estimate of drug-likeness (QED) is 0.184. The molecule has 1 amide bonds. The highest BCUT2D eigenvalue weighted by molar-refractivity contribution is 6.00. The van der Waals surface area contributed by atoms with Crippen molar-refractivity contribution in [1.82, 2.24) is 15.5 Å². The smallest absolute Gasteiger partial charge is 0.249 e. The lowest BCUT2D eigenvalue weighted by Crippen LogP contribution is -2.53. The molecule has 184 valence electrons. The molecule has 1 aliphatic carbocycles. The number of aliphatic hydroxyl groups is 2. The van der Waals surface area contributed by atoms with Gasteiger partial charge in [0.15, 0.2) is 0 Å². The molecule has 2 aliphatic rings. The Morgan fingerprint density at radius 3 is 2.73 bits per heavy atom. The van der Waals surface area contributed by atoms with Gasteiger partial charge in [-0.2, -0.15) is 0 Å². The largest absolute Gasteiger partial charge is 0.508 e. The van der Waals surface area contributed by atoms with Crippen LogP contribution in [0.5, 0.6) is 0 Å². The minimum atomic E-state index is -0.956. The Morgan fingerprint density at radius 2 is 2.09 bits per heavy atom. The molecular formula is C26H42N4O3. The number of rotatable bonds is 9. The SMILES string of the molecule is C/C=C(CN=C(C1=CC=C(C)CC1NC)N1CCC[C@H](NC(=O)C(O)CCC)C1)\C(O)=C/C. The fraction of sp³-hybridized carbons (Fsp3) is 0.615. The molecule has 3 atom stereocenters. The molecule has 2 rings (SSSR count). The van der Waals surface area contributed by atoms with Crippen LogP contribution in [0.3, 0.4) is 0 Å². The fourth-order valence-corrected chi connectivity index (χ4v) is 4.36. The van der Waals surface area contributed by atoms with Crippen LogP contribution in [0.1, 0.15) is 59.8 Å². The van der Waals surface area contributed by atoms with E-state index in [0.29, 0.717) is 19.5 Å². The average Bonchev–Trinajstić information content (AvgIpc) is 2.82. The van der Waals surface area contributed by atoms with E-state index in [1.54, 1.807) is 6.08 Å². The number of nitrogens with zero attached hydrogens (tertiary/aromatic N) is 2. The average molecular weight is 459 g/mol. The first-order chi connectivity index (χ1) is 15.8. The van der Waals surface area contributed by atoms with Gasteiger partial charge in [0.05, 0.1) is 6.54 Å². The summed E-state index contributed by atoms with van der Waals surface area (Å²) < 4.78 is 0. The molecule has 0 aromatic heterocycles. The van der Waals surface area contributed by atoms with Gasteiger partial charge in [-0.15, -0.1) is 0 Å². The van der Waals surface area contributed by atoms with Crippen molar-refractivity contribution in [3.05, 3.63) is 46.8 Å². The molecule has 1 fully saturated rings. The summed E-state index contributed by atoms with van der Waals surface area (Å²) in [6.07, 6.45) is 10.8. The minimum absolute atomic E-state index is 0.0393. The Morgan fingerprint density at radius 1 is 1.33 bits per heavy atom. The zero-order valence-electron chi connectivity index (χ0n) is 20.9. The van der Waals surface area contributed by atoms with Crippen LogP contribution in [0.25, 0.3) is 0 Å². The highest BCUT2D eigenvalue weighted by Gasteiger charge is 2.30. The molecule has 0 bridgehead atoms. The number of carbonyl (C=O) groups is 1. The molecule has 1 saturated heterocycles. The van der Waals surface area contributed by atoms with Crippen molar-refractivity contribution in [1.29, 1.82) is 0 Å². The van der Waals surface area contributed by atoms with Gasteiger partial charge in [-0.05, 0) is 59.6 Å². The Hall–Kier alpha value is -2.38. The lowest BCUT2D eigenvalue weighted by Gasteiger charge is -2.38. The van der Waals surface area contributed by atoms with E-state index in [0.717, 1.165) is 49.2 Å². The van der Waals surface area contributed by atoms with E-state index in [2.05, 4.69) is 34.6 Å². The van der Waals surface area contributed by atoms with Crippen LogP contribution in [0.4, 0.5) is 0 Å². The summed E-state index contributed by atoms with van der Waals surface area (Å²) in [5.41, 5.74) is 3.21. The maximum absolute atomic E-state index is 12.4. The summed E-state index contributed by atoms with van der Waals surface area (Å²) in [5, 5.41) is 26.7. The van der Waals surface area contributed by atoms with Gasteiger partial charge in [0.25, 0.3) is 0 Å². The second-order valence-electron chi connectivity index (χ2n) is 8.91. The number of allylic oxidation sites excluding steroid dienone is 4. The zero-order chi connectivity index (χ0) is 24.4. The van der Waals surface area contributed by atoms with Crippen molar-refractivity contribution in [2.45, 2.75) is 78.0 Å². The van der Waals surface area contributed by atoms with Gasteiger partial charge in [-0.25, -0.2) is 0 Å². The highest BCUT2D eigenvalue weighted by atomic mass is 16.3. The van der Waals surface area contributed by atoms with Gasteiger partial charge in [0, 0.05) is 36.3 Å². The van der Waals surface area contributed by atoms with Crippen LogP contribution in [0, 0.1) is 0 Å². The number of nitrogens with one attached hydrogen (secondary N) is 2. The van der Waals surface area contributed by atoms with Gasteiger partial charge in [0.1, 0.15) is 17.7 Å². The molecule has 7 heteroatoms. The molecule has 0 spiro atoms. The minimum Gasteiger partial charge on any atom is -0.508 e. The molecule has 4 N–H and O–H groups in total. The number of hydrogen-bond acceptors (Lipinski definition) is 5. The van der Waals surface area contributed by atoms with E-state index in [4.69, 9.17) is 4.99 Å². The third kappa shape index (κ3) is 7.57. The van der Waals surface area contributed by atoms with Gasteiger partial charge in [-0.1, -0.05) is 37.1 Å². The van der Waals surface area contributed by atoms with Gasteiger partial charge in [0.2, 0.25) is 5.91 Å². The fourth-order valence-electron chi connectivity index (χ4n) is 4.36. The van der Waals surface area contributed by atoms with Crippen LogP contribution in [0.15, 0.2) is 51.8 Å². The Labute approximate surface area is 199 Å². The van der Waals surface area contributed by atoms with E-state index in [1.165, 1.54) is 5.57 Å². The molecular weight excluding hydrogens is 416 g/mol. The van der Waals surface area contributed by atoms with Crippen molar-refractivity contribution in [3.8, 4) is 0 Å². The summed E-state index contributed by atoms with van der Waals surface area (Å²) >= 11 is 0. The van der Waals surface area contributed by atoms with Crippen molar-refractivity contribution < 1.29 is 15.0 Å². The summed E-state index contributed by atoms with van der Waals surface area (Å²) in [4.78, 5) is 19.6. The standard InChI is InChI=1S/C26H42N4O3/c1-6-10-24(32)26(33)29-20-11-9-14-30(17-20)25(28-16-19(7-2)23(31)8-3)21-13-12-18(4)15-22(21)27-5/h7-8,12-13,20,22,24,27,31-32H,6,9-11,14-17H2,1-5H3,(H,29,33)/b19-7-,23-8+,28-25?/t20-,22?,24?/m0/s1. The lowest BCUT2D eigenvalue weighted by molar-refractivity contribution is -0.130. The van der Waals surface area contributed by atoms with Crippen LogP contribution in [0.2, 0.25) is 0 Å². The van der Waals surface area contributed by atoms with Crippen molar-refractivity contribution in [3.63, 3.8) is 0 Å². The summed E-state index contributed by atoms with van der Waals surface area (Å²) in [7, 11) is 1.96. The number of hydrogen-bond donors (Lipinski definition) is 4. The summed E-state index contributed by atoms with van der Waals surface area (Å²) in [6, 6.07) is 0.113. The highest BCUT2D eigenvalue weighted by Crippen LogP contribution is 2.24. The summed E-state index contributed by atoms with van der Waals surface area (Å²) in [6.45, 7) is 9.66. The predicted octanol–water partition coefficient (Wildman–Crippen LogP) is 3.40. The zero-order valence-corrected chi connectivity index (χ0v) is 20.9. The van der Waals surface area contributed by atoms with Gasteiger partial charge in [-0.3, -0.25) is 9.79 Å². The number of piperidine rings is 1. The van der Waals surface area contributed by atoms with Crippen LogP contribution >= 0.6 is 0 Å². The van der Waals surface area contributed by atoms with Gasteiger partial charge >= 0.3 is 0 Å². The molecule has 0 radical (unpaired) electrons. The summed E-state index contributed by atoms with van der Waals surface area (Å²) in [5.74, 6) is 0.849. The van der Waals surface area contributed by atoms with E-state index < -0.39 is 6.10 Å². The molecule has 1 heterocycles. The second kappa shape index (κ2) is 13.4. The maximum atomic E-state index is 12.4. The third-order valence-corrected chi connectivity index (χ3v) is 6.34. The first kappa shape index (κ1) is 26.9. The Kier molecular flexibility index (Phi) is 10.9. The predicted molar refractivity (Wildman–Crippen MR) is 135 cm³/mol. The van der Waals surface area contributed by atoms with E-state index >= 15 is 0 Å². The van der Waals surface area contributed by atoms with E-state index in [9.17, 15) is 15.0 Å². The molecule has 0 aromatic carbocycles. The first-order valence-corrected chi connectivity index (χ1v) is 12.2. The molecule has 1 aliphatic heterocycles. The molecule has 7 nitrogen and oxygen atoms in total. The molecule has 0 aromatic rings.